The molecule has 19 heteroatoms. The number of unbranched alkanes of at least 4 members (excludes halogenated alkanes) is 47. The molecular formula is C81H158O17P2. The molecule has 0 aromatic rings. The van der Waals surface area contributed by atoms with Crippen LogP contribution >= 0.6 is 15.6 Å². The molecule has 100 heavy (non-hydrogen) atoms. The van der Waals surface area contributed by atoms with Crippen LogP contribution in [0.3, 0.4) is 0 Å². The van der Waals surface area contributed by atoms with Crippen molar-refractivity contribution in [3.05, 3.63) is 0 Å². The van der Waals surface area contributed by atoms with Crippen LogP contribution in [-0.4, -0.2) is 96.7 Å². The summed E-state index contributed by atoms with van der Waals surface area (Å²) in [4.78, 5) is 72.7. The van der Waals surface area contributed by atoms with Gasteiger partial charge in [-0.1, -0.05) is 370 Å². The van der Waals surface area contributed by atoms with E-state index in [0.29, 0.717) is 25.7 Å². The molecule has 0 heterocycles. The van der Waals surface area contributed by atoms with Gasteiger partial charge < -0.3 is 33.8 Å². The Labute approximate surface area is 613 Å². The third-order valence-corrected chi connectivity index (χ3v) is 20.8. The topological polar surface area (TPSA) is 237 Å². The monoisotopic (exact) mass is 1470 g/mol. The Kier molecular flexibility index (Phi) is 69.9. The molecule has 0 aliphatic carbocycles. The lowest BCUT2D eigenvalue weighted by molar-refractivity contribution is -0.161. The van der Waals surface area contributed by atoms with E-state index in [1.807, 2.05) is 0 Å². The van der Waals surface area contributed by atoms with Gasteiger partial charge in [0.1, 0.15) is 19.3 Å². The first-order chi connectivity index (χ1) is 48.2. The van der Waals surface area contributed by atoms with Crippen molar-refractivity contribution in [2.45, 2.75) is 439 Å². The SMILES string of the molecule is CCCCCCCC(=O)OC[C@H](COP(=O)(O)OC[C@H](O)COP(=O)(O)OC[C@@H](COC(=O)CCCCCCCCCCCCCCCCCCC(C)C)OC(=O)CCCCCCCCCCCCCCCCCCCCC(C)C)OC(=O)CCCCCCCCCCCCCCC(C)C. The van der Waals surface area contributed by atoms with Gasteiger partial charge in [0, 0.05) is 25.7 Å². The number of aliphatic hydroxyl groups is 1. The molecular weight excluding hydrogens is 1310 g/mol. The Morgan fingerprint density at radius 2 is 0.460 bits per heavy atom. The summed E-state index contributed by atoms with van der Waals surface area (Å²) in [6.07, 6.45) is 60.2. The molecule has 0 aliphatic heterocycles. The molecule has 0 aliphatic rings. The molecule has 2 unspecified atom stereocenters. The molecule has 0 amide bonds. The lowest BCUT2D eigenvalue weighted by Crippen LogP contribution is -2.30. The molecule has 594 valence electrons. The molecule has 0 bridgehead atoms. The van der Waals surface area contributed by atoms with E-state index in [9.17, 15) is 43.2 Å². The molecule has 0 aromatic heterocycles. The van der Waals surface area contributed by atoms with Crippen molar-refractivity contribution >= 4 is 39.5 Å². The van der Waals surface area contributed by atoms with E-state index in [0.717, 1.165) is 114 Å². The quantitative estimate of drug-likeness (QED) is 0.0222. The summed E-state index contributed by atoms with van der Waals surface area (Å²) in [7, 11) is -9.91. The van der Waals surface area contributed by atoms with Crippen LogP contribution in [0.25, 0.3) is 0 Å². The van der Waals surface area contributed by atoms with Crippen molar-refractivity contribution in [3.63, 3.8) is 0 Å². The van der Waals surface area contributed by atoms with Gasteiger partial charge in [-0.25, -0.2) is 9.13 Å². The number of ether oxygens (including phenoxy) is 4. The lowest BCUT2D eigenvalue weighted by Gasteiger charge is -2.21. The Hall–Kier alpha value is -1.94. The summed E-state index contributed by atoms with van der Waals surface area (Å²) in [6.45, 7) is 11.9. The maximum Gasteiger partial charge on any atom is 0.472 e. The van der Waals surface area contributed by atoms with Gasteiger partial charge in [-0.15, -0.1) is 0 Å². The van der Waals surface area contributed by atoms with E-state index in [4.69, 9.17) is 37.0 Å². The van der Waals surface area contributed by atoms with E-state index in [1.165, 1.54) is 225 Å². The van der Waals surface area contributed by atoms with E-state index in [2.05, 4.69) is 48.5 Å². The van der Waals surface area contributed by atoms with Crippen LogP contribution in [0.4, 0.5) is 0 Å². The lowest BCUT2D eigenvalue weighted by atomic mass is 10.0. The van der Waals surface area contributed by atoms with Crippen molar-refractivity contribution in [1.29, 1.82) is 0 Å². The maximum absolute atomic E-state index is 13.1. The molecule has 0 fully saturated rings. The van der Waals surface area contributed by atoms with Gasteiger partial charge in [0.15, 0.2) is 12.2 Å². The number of rotatable bonds is 79. The highest BCUT2D eigenvalue weighted by Gasteiger charge is 2.30. The molecule has 0 saturated carbocycles. The molecule has 3 N–H and O–H groups in total. The van der Waals surface area contributed by atoms with Gasteiger partial charge in [0.2, 0.25) is 0 Å². The Morgan fingerprint density at radius 1 is 0.270 bits per heavy atom. The smallest absolute Gasteiger partial charge is 0.462 e. The second-order valence-corrected chi connectivity index (χ2v) is 33.5. The molecule has 0 radical (unpaired) electrons. The van der Waals surface area contributed by atoms with Crippen LogP contribution < -0.4 is 0 Å². The Bertz CT molecular complexity index is 1940. The average molecular weight is 1470 g/mol. The van der Waals surface area contributed by atoms with Crippen molar-refractivity contribution in [1.82, 2.24) is 0 Å². The highest BCUT2D eigenvalue weighted by Crippen LogP contribution is 2.45. The van der Waals surface area contributed by atoms with Gasteiger partial charge in [0.25, 0.3) is 0 Å². The first kappa shape index (κ1) is 98.1. The largest absolute Gasteiger partial charge is 0.472 e. The summed E-state index contributed by atoms with van der Waals surface area (Å²) < 4.78 is 68.5. The van der Waals surface area contributed by atoms with Crippen LogP contribution in [0.5, 0.6) is 0 Å². The molecule has 5 atom stereocenters. The zero-order valence-electron chi connectivity index (χ0n) is 65.7. The number of phosphoric ester groups is 2. The van der Waals surface area contributed by atoms with Crippen LogP contribution in [0.1, 0.15) is 421 Å². The highest BCUT2D eigenvalue weighted by molar-refractivity contribution is 7.47. The van der Waals surface area contributed by atoms with E-state index in [-0.39, 0.29) is 25.7 Å². The Morgan fingerprint density at radius 3 is 0.680 bits per heavy atom. The van der Waals surface area contributed by atoms with Crippen molar-refractivity contribution in [2.75, 3.05) is 39.6 Å². The van der Waals surface area contributed by atoms with Crippen LogP contribution in [0, 0.1) is 17.8 Å². The number of esters is 4. The second kappa shape index (κ2) is 71.3. The number of carbonyl (C=O) groups is 4. The van der Waals surface area contributed by atoms with Gasteiger partial charge in [-0.3, -0.25) is 37.3 Å². The van der Waals surface area contributed by atoms with Crippen molar-refractivity contribution < 1.29 is 80.2 Å². The van der Waals surface area contributed by atoms with Gasteiger partial charge in [0.05, 0.1) is 26.4 Å². The standard InChI is InChI=1S/C81H158O17P2/c1-8-9-10-45-55-62-78(83)91-68-76(97-80(85)64-58-51-44-38-32-26-25-29-35-41-48-54-61-74(6)7)70-95-99(87,88)93-66-75(82)67-94-100(89,90)96-71-77(69-92-79(84)63-56-49-42-36-30-23-19-16-15-18-22-28-34-40-47-53-60-73(4)5)98-81(86)65-57-50-43-37-31-24-20-14-12-11-13-17-21-27-33-39-46-52-59-72(2)3/h72-77,82H,8-71H2,1-7H3,(H,87,88)(H,89,90)/t75-,76+,77+/m0/s1. The fourth-order valence-corrected chi connectivity index (χ4v) is 14.1. The number of hydrogen-bond donors (Lipinski definition) is 3. The molecule has 17 nitrogen and oxygen atoms in total. The molecule has 0 aromatic carbocycles. The van der Waals surface area contributed by atoms with Gasteiger partial charge in [-0.05, 0) is 43.4 Å². The number of carbonyl (C=O) groups excluding carboxylic acids is 4. The highest BCUT2D eigenvalue weighted by atomic mass is 31.2. The molecule has 0 saturated heterocycles. The van der Waals surface area contributed by atoms with E-state index >= 15 is 0 Å². The van der Waals surface area contributed by atoms with Crippen LogP contribution in [0.15, 0.2) is 0 Å². The predicted molar refractivity (Wildman–Crippen MR) is 409 cm³/mol. The minimum Gasteiger partial charge on any atom is -0.462 e. The number of hydrogen-bond acceptors (Lipinski definition) is 15. The van der Waals surface area contributed by atoms with Crippen molar-refractivity contribution in [3.8, 4) is 0 Å². The average Bonchev–Trinajstić information content (AvgIpc) is 0.916. The van der Waals surface area contributed by atoms with Gasteiger partial charge >= 0.3 is 39.5 Å². The van der Waals surface area contributed by atoms with E-state index < -0.39 is 97.5 Å². The summed E-state index contributed by atoms with van der Waals surface area (Å²) in [5.74, 6) is 0.287. The normalized spacial score (nSPS) is 14.0. The second-order valence-electron chi connectivity index (χ2n) is 30.6. The zero-order valence-corrected chi connectivity index (χ0v) is 67.5. The first-order valence-electron chi connectivity index (χ1n) is 41.8. The fraction of sp³-hybridized carbons (Fsp3) is 0.951. The van der Waals surface area contributed by atoms with Crippen molar-refractivity contribution in [2.24, 2.45) is 17.8 Å². The molecule has 0 rings (SSSR count). The predicted octanol–water partition coefficient (Wildman–Crippen LogP) is 24.1. The minimum absolute atomic E-state index is 0.106. The number of phosphoric acid groups is 2. The van der Waals surface area contributed by atoms with Crippen LogP contribution in [0.2, 0.25) is 0 Å². The third kappa shape index (κ3) is 74.3. The Balaban J connectivity index is 5.12. The summed E-state index contributed by atoms with van der Waals surface area (Å²) in [5.41, 5.74) is 0. The van der Waals surface area contributed by atoms with E-state index in [1.54, 1.807) is 0 Å². The van der Waals surface area contributed by atoms with Crippen LogP contribution in [-0.2, 0) is 65.4 Å². The first-order valence-corrected chi connectivity index (χ1v) is 44.8. The maximum atomic E-state index is 13.1. The zero-order chi connectivity index (χ0) is 73.7. The summed E-state index contributed by atoms with van der Waals surface area (Å²) in [6, 6.07) is 0. The third-order valence-electron chi connectivity index (χ3n) is 18.9. The molecule has 0 spiro atoms. The summed E-state index contributed by atoms with van der Waals surface area (Å²) in [5, 5.41) is 10.6. The number of aliphatic hydroxyl groups excluding tert-OH is 1. The summed E-state index contributed by atoms with van der Waals surface area (Å²) >= 11 is 0. The fourth-order valence-electron chi connectivity index (χ4n) is 12.5. The minimum atomic E-state index is -4.96. The van der Waals surface area contributed by atoms with Gasteiger partial charge in [-0.2, -0.15) is 0 Å².